The molecule has 2 aliphatic rings. The lowest BCUT2D eigenvalue weighted by atomic mass is 9.99. The van der Waals surface area contributed by atoms with Gasteiger partial charge in [-0.25, -0.2) is 18.2 Å². The van der Waals surface area contributed by atoms with E-state index in [4.69, 9.17) is 0 Å². The van der Waals surface area contributed by atoms with Crippen LogP contribution in [0.3, 0.4) is 0 Å². The van der Waals surface area contributed by atoms with E-state index in [1.54, 1.807) is 6.92 Å². The van der Waals surface area contributed by atoms with Crippen molar-refractivity contribution in [2.45, 2.75) is 39.3 Å². The molecule has 1 aromatic carbocycles. The molecule has 0 aliphatic carbocycles. The zero-order valence-electron chi connectivity index (χ0n) is 18.7. The average Bonchev–Trinajstić information content (AvgIpc) is 3.20. The summed E-state index contributed by atoms with van der Waals surface area (Å²) in [5, 5.41) is 6.10. The van der Waals surface area contributed by atoms with Gasteiger partial charge in [0.05, 0.1) is 5.69 Å². The number of carbonyl (C=O) groups excluding carboxylic acids is 2. The van der Waals surface area contributed by atoms with Crippen LogP contribution in [0.4, 0.5) is 30.6 Å². The fraction of sp³-hybridized carbons (Fsp3) is 0.455. The first kappa shape index (κ1) is 22.8. The molecule has 8 nitrogen and oxygen atoms in total. The Balaban J connectivity index is 1.49. The number of halogens is 3. The van der Waals surface area contributed by atoms with Crippen LogP contribution in [-0.4, -0.2) is 58.9 Å². The van der Waals surface area contributed by atoms with Gasteiger partial charge in [0.15, 0.2) is 23.3 Å². The van der Waals surface area contributed by atoms with E-state index in [1.165, 1.54) is 4.90 Å². The average molecular weight is 462 g/mol. The molecule has 0 saturated carbocycles. The van der Waals surface area contributed by atoms with E-state index >= 15 is 0 Å². The van der Waals surface area contributed by atoms with Crippen molar-refractivity contribution in [1.82, 2.24) is 14.9 Å². The standard InChI is InChI=1S/C22H25F3N6O2/c1-10(2)18-20(32)28-17-11(3)26-22(29-19(17)30(18)4)27-13-5-6-31(9-13)21(33)12-7-14(23)16(25)15(24)8-12/h7-8,10,13,18H,5-6,9H2,1-4H3,(H,28,32)(H,26,27,29)/t13-,18+/m1/s1. The minimum atomic E-state index is -1.60. The second kappa shape index (κ2) is 8.53. The topological polar surface area (TPSA) is 90.5 Å². The van der Waals surface area contributed by atoms with Crippen molar-refractivity contribution in [2.75, 3.05) is 35.7 Å². The third kappa shape index (κ3) is 4.19. The lowest BCUT2D eigenvalue weighted by molar-refractivity contribution is -0.118. The van der Waals surface area contributed by atoms with Gasteiger partial charge in [0, 0.05) is 31.7 Å². The normalized spacial score (nSPS) is 20.2. The van der Waals surface area contributed by atoms with Gasteiger partial charge in [-0.05, 0) is 31.4 Å². The molecule has 2 atom stereocenters. The summed E-state index contributed by atoms with van der Waals surface area (Å²) in [6.07, 6.45) is 0.568. The number of fused-ring (bicyclic) bond motifs is 1. The Bertz CT molecular complexity index is 1100. The fourth-order valence-electron chi connectivity index (χ4n) is 4.39. The highest BCUT2D eigenvalue weighted by Crippen LogP contribution is 2.34. The molecular formula is C22H25F3N6O2. The predicted octanol–water partition coefficient (Wildman–Crippen LogP) is 2.94. The van der Waals surface area contributed by atoms with E-state index < -0.39 is 23.4 Å². The molecule has 0 spiro atoms. The maximum absolute atomic E-state index is 13.5. The molecule has 0 bridgehead atoms. The Morgan fingerprint density at radius 2 is 1.88 bits per heavy atom. The highest BCUT2D eigenvalue weighted by atomic mass is 19.2. The van der Waals surface area contributed by atoms with Crippen molar-refractivity contribution in [2.24, 2.45) is 5.92 Å². The van der Waals surface area contributed by atoms with Gasteiger partial charge in [-0.2, -0.15) is 4.98 Å². The van der Waals surface area contributed by atoms with Crippen LogP contribution in [0.15, 0.2) is 12.1 Å². The summed E-state index contributed by atoms with van der Waals surface area (Å²) in [5.41, 5.74) is 0.923. The molecule has 1 aromatic heterocycles. The Morgan fingerprint density at radius 1 is 1.21 bits per heavy atom. The molecule has 3 heterocycles. The quantitative estimate of drug-likeness (QED) is 0.679. The number of likely N-dealkylation sites (N-methyl/N-ethyl adjacent to an activating group) is 1. The highest BCUT2D eigenvalue weighted by molar-refractivity contribution is 6.03. The zero-order chi connectivity index (χ0) is 24.0. The molecule has 4 rings (SSSR count). The van der Waals surface area contributed by atoms with Crippen LogP contribution in [0, 0.1) is 30.3 Å². The maximum atomic E-state index is 13.5. The van der Waals surface area contributed by atoms with Crippen LogP contribution in [0.2, 0.25) is 0 Å². The number of likely N-dealkylation sites (tertiary alicyclic amines) is 1. The van der Waals surface area contributed by atoms with Gasteiger partial charge in [-0.3, -0.25) is 9.59 Å². The number of benzene rings is 1. The monoisotopic (exact) mass is 462 g/mol. The van der Waals surface area contributed by atoms with Gasteiger partial charge in [0.1, 0.15) is 11.7 Å². The van der Waals surface area contributed by atoms with Gasteiger partial charge in [0.25, 0.3) is 5.91 Å². The third-order valence-electron chi connectivity index (χ3n) is 6.01. The van der Waals surface area contributed by atoms with Crippen molar-refractivity contribution in [1.29, 1.82) is 0 Å². The van der Waals surface area contributed by atoms with Gasteiger partial charge in [-0.1, -0.05) is 13.8 Å². The van der Waals surface area contributed by atoms with E-state index in [0.717, 1.165) is 0 Å². The second-order valence-corrected chi connectivity index (χ2v) is 8.76. The van der Waals surface area contributed by atoms with Gasteiger partial charge in [-0.15, -0.1) is 0 Å². The summed E-state index contributed by atoms with van der Waals surface area (Å²) < 4.78 is 40.2. The molecule has 1 fully saturated rings. The summed E-state index contributed by atoms with van der Waals surface area (Å²) in [4.78, 5) is 37.4. The smallest absolute Gasteiger partial charge is 0.254 e. The Morgan fingerprint density at radius 3 is 2.52 bits per heavy atom. The molecule has 2 amide bonds. The number of hydrogen-bond donors (Lipinski definition) is 2. The lowest BCUT2D eigenvalue weighted by Gasteiger charge is -2.37. The van der Waals surface area contributed by atoms with E-state index in [-0.39, 0.29) is 36.0 Å². The van der Waals surface area contributed by atoms with Crippen molar-refractivity contribution < 1.29 is 22.8 Å². The van der Waals surface area contributed by atoms with Gasteiger partial charge in [0.2, 0.25) is 11.9 Å². The van der Waals surface area contributed by atoms with Crippen LogP contribution in [0.25, 0.3) is 0 Å². The van der Waals surface area contributed by atoms with E-state index in [9.17, 15) is 22.8 Å². The summed E-state index contributed by atoms with van der Waals surface area (Å²) in [5.74, 6) is -4.06. The molecule has 11 heteroatoms. The van der Waals surface area contributed by atoms with E-state index in [2.05, 4.69) is 20.6 Å². The lowest BCUT2D eigenvalue weighted by Crippen LogP contribution is -2.49. The zero-order valence-corrected chi connectivity index (χ0v) is 18.7. The van der Waals surface area contributed by atoms with Crippen molar-refractivity contribution >= 4 is 29.3 Å². The summed E-state index contributed by atoms with van der Waals surface area (Å²) in [7, 11) is 1.81. The van der Waals surface area contributed by atoms with Crippen LogP contribution in [-0.2, 0) is 4.79 Å². The first-order valence-electron chi connectivity index (χ1n) is 10.7. The van der Waals surface area contributed by atoms with Crippen LogP contribution in [0.1, 0.15) is 36.3 Å². The number of aryl methyl sites for hydroxylation is 1. The SMILES string of the molecule is Cc1nc(N[C@@H]2CCN(C(=O)c3cc(F)c(F)c(F)c3)C2)nc2c1NC(=O)[C@H](C(C)C)N2C. The molecule has 2 N–H and O–H groups in total. The van der Waals surface area contributed by atoms with Crippen LogP contribution < -0.4 is 15.5 Å². The molecule has 0 unspecified atom stereocenters. The number of carbonyl (C=O) groups is 2. The van der Waals surface area contributed by atoms with Crippen LogP contribution >= 0.6 is 0 Å². The van der Waals surface area contributed by atoms with E-state index in [1.807, 2.05) is 25.8 Å². The highest BCUT2D eigenvalue weighted by Gasteiger charge is 2.36. The molecule has 1 saturated heterocycles. The molecule has 0 radical (unpaired) electrons. The number of anilines is 3. The van der Waals surface area contributed by atoms with E-state index in [0.29, 0.717) is 48.2 Å². The summed E-state index contributed by atoms with van der Waals surface area (Å²) in [6.45, 7) is 6.31. The third-order valence-corrected chi connectivity index (χ3v) is 6.01. The first-order chi connectivity index (χ1) is 15.6. The molecule has 2 aliphatic heterocycles. The number of nitrogens with one attached hydrogen (secondary N) is 2. The Kier molecular flexibility index (Phi) is 5.89. The Labute approximate surface area is 189 Å². The fourth-order valence-corrected chi connectivity index (χ4v) is 4.39. The summed E-state index contributed by atoms with van der Waals surface area (Å²) >= 11 is 0. The minimum Gasteiger partial charge on any atom is -0.350 e. The summed E-state index contributed by atoms with van der Waals surface area (Å²) in [6, 6.07) is 0.848. The Hall–Kier alpha value is -3.37. The second-order valence-electron chi connectivity index (χ2n) is 8.76. The van der Waals surface area contributed by atoms with Gasteiger partial charge >= 0.3 is 0 Å². The number of amides is 2. The van der Waals surface area contributed by atoms with Crippen molar-refractivity contribution in [3.05, 3.63) is 40.8 Å². The number of hydrogen-bond acceptors (Lipinski definition) is 6. The number of nitrogens with zero attached hydrogens (tertiary/aromatic N) is 4. The molecular weight excluding hydrogens is 437 g/mol. The number of rotatable bonds is 4. The predicted molar refractivity (Wildman–Crippen MR) is 117 cm³/mol. The molecule has 176 valence electrons. The number of aromatic nitrogens is 2. The molecule has 2 aromatic rings. The van der Waals surface area contributed by atoms with Crippen molar-refractivity contribution in [3.8, 4) is 0 Å². The largest absolute Gasteiger partial charge is 0.350 e. The first-order valence-corrected chi connectivity index (χ1v) is 10.7. The van der Waals surface area contributed by atoms with Gasteiger partial charge < -0.3 is 20.4 Å². The molecule has 33 heavy (non-hydrogen) atoms. The minimum absolute atomic E-state index is 0.0744. The van der Waals surface area contributed by atoms with Crippen molar-refractivity contribution in [3.63, 3.8) is 0 Å². The maximum Gasteiger partial charge on any atom is 0.254 e. The van der Waals surface area contributed by atoms with Crippen LogP contribution in [0.5, 0.6) is 0 Å².